The van der Waals surface area contributed by atoms with Gasteiger partial charge in [-0.05, 0) is 40.5 Å². The van der Waals surface area contributed by atoms with Gasteiger partial charge in [0.15, 0.2) is 17.5 Å². The van der Waals surface area contributed by atoms with E-state index in [1.807, 2.05) is 84.9 Å². The van der Waals surface area contributed by atoms with Gasteiger partial charge in [-0.15, -0.1) is 0 Å². The summed E-state index contributed by atoms with van der Waals surface area (Å²) in [7, 11) is 0. The summed E-state index contributed by atoms with van der Waals surface area (Å²) >= 11 is 0. The van der Waals surface area contributed by atoms with Gasteiger partial charge in [-0.25, -0.2) is 15.0 Å². The van der Waals surface area contributed by atoms with Crippen molar-refractivity contribution >= 4 is 21.9 Å². The molecule has 202 valence electrons. The largest absolute Gasteiger partial charge is 0.456 e. The van der Waals surface area contributed by atoms with Crippen molar-refractivity contribution in [3.63, 3.8) is 0 Å². The predicted octanol–water partition coefficient (Wildman–Crippen LogP) is 10.1. The second-order valence-corrected chi connectivity index (χ2v) is 10.4. The van der Waals surface area contributed by atoms with Crippen molar-refractivity contribution in [1.82, 2.24) is 15.0 Å². The Morgan fingerprint density at radius 3 is 1.47 bits per heavy atom. The van der Waals surface area contributed by atoms with Crippen LogP contribution in [0.1, 0.15) is 0 Å². The van der Waals surface area contributed by atoms with Gasteiger partial charge in [-0.1, -0.05) is 133 Å². The molecule has 2 heterocycles. The third kappa shape index (κ3) is 4.55. The van der Waals surface area contributed by atoms with Crippen LogP contribution >= 0.6 is 0 Å². The van der Waals surface area contributed by atoms with Crippen molar-refractivity contribution in [2.24, 2.45) is 0 Å². The van der Waals surface area contributed by atoms with E-state index in [9.17, 15) is 0 Å². The minimum absolute atomic E-state index is 0.600. The van der Waals surface area contributed by atoms with Gasteiger partial charge in [0.05, 0.1) is 0 Å². The average molecular weight is 552 g/mol. The molecule has 6 aromatic carbocycles. The summed E-state index contributed by atoms with van der Waals surface area (Å²) in [5.41, 5.74) is 8.83. The molecule has 4 heteroatoms. The van der Waals surface area contributed by atoms with Gasteiger partial charge in [0, 0.05) is 27.5 Å². The van der Waals surface area contributed by atoms with E-state index in [2.05, 4.69) is 66.7 Å². The molecule has 0 amide bonds. The Balaban J connectivity index is 1.44. The maximum Gasteiger partial charge on any atom is 0.164 e. The lowest BCUT2D eigenvalue weighted by Gasteiger charge is -2.13. The number of nitrogens with zero attached hydrogens (tertiary/aromatic N) is 3. The second kappa shape index (κ2) is 10.5. The van der Waals surface area contributed by atoms with Crippen LogP contribution in [0, 0.1) is 0 Å². The highest BCUT2D eigenvalue weighted by Crippen LogP contribution is 2.41. The van der Waals surface area contributed by atoms with E-state index >= 15 is 0 Å². The minimum Gasteiger partial charge on any atom is -0.456 e. The Morgan fingerprint density at radius 1 is 0.349 bits per heavy atom. The molecule has 0 N–H and O–H groups in total. The lowest BCUT2D eigenvalue weighted by atomic mass is 9.92. The van der Waals surface area contributed by atoms with E-state index in [1.54, 1.807) is 0 Å². The van der Waals surface area contributed by atoms with Crippen molar-refractivity contribution in [1.29, 1.82) is 0 Å². The molecule has 0 unspecified atom stereocenters. The quantitative estimate of drug-likeness (QED) is 0.214. The molecule has 0 spiro atoms. The molecule has 0 aliphatic rings. The maximum absolute atomic E-state index is 6.48. The van der Waals surface area contributed by atoms with E-state index in [-0.39, 0.29) is 0 Å². The van der Waals surface area contributed by atoms with E-state index in [1.165, 1.54) is 0 Å². The van der Waals surface area contributed by atoms with Gasteiger partial charge in [-0.2, -0.15) is 0 Å². The summed E-state index contributed by atoms with van der Waals surface area (Å²) in [5.74, 6) is 1.85. The summed E-state index contributed by atoms with van der Waals surface area (Å²) in [4.78, 5) is 15.1. The molecule has 0 saturated carbocycles. The number of fused-ring (bicyclic) bond motifs is 3. The summed E-state index contributed by atoms with van der Waals surface area (Å²) in [5, 5.41) is 2.01. The highest BCUT2D eigenvalue weighted by molar-refractivity contribution is 6.13. The Kier molecular flexibility index (Phi) is 6.08. The van der Waals surface area contributed by atoms with E-state index in [0.717, 1.165) is 60.9 Å². The SMILES string of the molecule is c1ccc(-c2nc(-c3ccccc3)nc(-c3cc(-c4ccccc4-c4ccccc4)cc4oc5ccccc5c34)n2)cc1. The number of benzene rings is 6. The van der Waals surface area contributed by atoms with Gasteiger partial charge in [-0.3, -0.25) is 0 Å². The number of hydrogen-bond donors (Lipinski definition) is 0. The Labute approximate surface area is 249 Å². The number of rotatable bonds is 5. The molecule has 4 nitrogen and oxygen atoms in total. The second-order valence-electron chi connectivity index (χ2n) is 10.4. The highest BCUT2D eigenvalue weighted by Gasteiger charge is 2.20. The van der Waals surface area contributed by atoms with Crippen LogP contribution < -0.4 is 0 Å². The third-order valence-corrected chi connectivity index (χ3v) is 7.74. The van der Waals surface area contributed by atoms with Crippen molar-refractivity contribution in [3.8, 4) is 56.4 Å². The first-order valence-electron chi connectivity index (χ1n) is 14.3. The van der Waals surface area contributed by atoms with Gasteiger partial charge >= 0.3 is 0 Å². The Morgan fingerprint density at radius 2 is 0.837 bits per heavy atom. The summed E-state index contributed by atoms with van der Waals surface area (Å²) in [6.45, 7) is 0. The normalized spacial score (nSPS) is 11.3. The summed E-state index contributed by atoms with van der Waals surface area (Å²) in [6, 6.07) is 51.6. The van der Waals surface area contributed by atoms with Crippen LogP contribution in [0.15, 0.2) is 156 Å². The monoisotopic (exact) mass is 551 g/mol. The van der Waals surface area contributed by atoms with E-state index in [0.29, 0.717) is 17.5 Å². The molecule has 0 bridgehead atoms. The zero-order chi connectivity index (χ0) is 28.6. The van der Waals surface area contributed by atoms with Crippen LogP contribution in [0.3, 0.4) is 0 Å². The molecule has 0 saturated heterocycles. The highest BCUT2D eigenvalue weighted by atomic mass is 16.3. The predicted molar refractivity (Wildman–Crippen MR) is 174 cm³/mol. The minimum atomic E-state index is 0.600. The zero-order valence-corrected chi connectivity index (χ0v) is 23.2. The number of aromatic nitrogens is 3. The molecule has 0 atom stereocenters. The fourth-order valence-corrected chi connectivity index (χ4v) is 5.72. The molecule has 0 radical (unpaired) electrons. The van der Waals surface area contributed by atoms with E-state index in [4.69, 9.17) is 19.4 Å². The first kappa shape index (κ1) is 24.9. The van der Waals surface area contributed by atoms with Crippen LogP contribution in [0.2, 0.25) is 0 Å². The molecule has 43 heavy (non-hydrogen) atoms. The van der Waals surface area contributed by atoms with Gasteiger partial charge < -0.3 is 4.42 Å². The average Bonchev–Trinajstić information content (AvgIpc) is 3.47. The molecule has 0 fully saturated rings. The number of para-hydroxylation sites is 1. The molecular formula is C39H25N3O. The van der Waals surface area contributed by atoms with Crippen LogP contribution in [-0.2, 0) is 0 Å². The van der Waals surface area contributed by atoms with Crippen molar-refractivity contribution in [3.05, 3.63) is 152 Å². The van der Waals surface area contributed by atoms with Gasteiger partial charge in [0.1, 0.15) is 11.2 Å². The van der Waals surface area contributed by atoms with Crippen LogP contribution in [-0.4, -0.2) is 15.0 Å². The molecule has 8 aromatic rings. The molecule has 8 rings (SSSR count). The first-order chi connectivity index (χ1) is 21.3. The van der Waals surface area contributed by atoms with Crippen LogP contribution in [0.25, 0.3) is 78.4 Å². The van der Waals surface area contributed by atoms with Gasteiger partial charge in [0.25, 0.3) is 0 Å². The van der Waals surface area contributed by atoms with E-state index < -0.39 is 0 Å². The summed E-state index contributed by atoms with van der Waals surface area (Å²) < 4.78 is 6.48. The lowest BCUT2D eigenvalue weighted by molar-refractivity contribution is 0.669. The molecule has 0 aliphatic carbocycles. The van der Waals surface area contributed by atoms with Crippen molar-refractivity contribution in [2.45, 2.75) is 0 Å². The van der Waals surface area contributed by atoms with Crippen molar-refractivity contribution < 1.29 is 4.42 Å². The molecule has 2 aromatic heterocycles. The van der Waals surface area contributed by atoms with Crippen molar-refractivity contribution in [2.75, 3.05) is 0 Å². The molecule has 0 aliphatic heterocycles. The Hall–Kier alpha value is -5.87. The van der Waals surface area contributed by atoms with Crippen LogP contribution in [0.4, 0.5) is 0 Å². The standard InChI is InChI=1S/C39H25N3O/c1-4-14-26(15-5-1)30-20-10-11-21-31(30)29-24-33(36-32-22-12-13-23-34(32)43-35(36)25-29)39-41-37(27-16-6-2-7-17-27)40-38(42-39)28-18-8-3-9-19-28/h1-25H. The summed E-state index contributed by atoms with van der Waals surface area (Å²) in [6.07, 6.45) is 0. The fourth-order valence-electron chi connectivity index (χ4n) is 5.72. The topological polar surface area (TPSA) is 51.8 Å². The van der Waals surface area contributed by atoms with Gasteiger partial charge in [0.2, 0.25) is 0 Å². The maximum atomic E-state index is 6.48. The number of hydrogen-bond acceptors (Lipinski definition) is 4. The smallest absolute Gasteiger partial charge is 0.164 e. The fraction of sp³-hybridized carbons (Fsp3) is 0. The third-order valence-electron chi connectivity index (χ3n) is 7.74. The zero-order valence-electron chi connectivity index (χ0n) is 23.2. The molecular weight excluding hydrogens is 526 g/mol. The Bertz CT molecular complexity index is 2170. The first-order valence-corrected chi connectivity index (χ1v) is 14.3. The number of furan rings is 1. The van der Waals surface area contributed by atoms with Crippen LogP contribution in [0.5, 0.6) is 0 Å². The lowest BCUT2D eigenvalue weighted by Crippen LogP contribution is -2.00.